The molecule has 1 aromatic rings. The molecular formula is C19H25NO4S. The van der Waals surface area contributed by atoms with E-state index in [1.807, 2.05) is 6.07 Å². The smallest absolute Gasteiger partial charge is 0.326 e. The SMILES string of the molecule is CC(SC(=O)c1ccccc1)C(=O)N(CC(=O)OC(C)(C)C)C1CC1. The van der Waals surface area contributed by atoms with Crippen molar-refractivity contribution in [3.05, 3.63) is 35.9 Å². The van der Waals surface area contributed by atoms with Gasteiger partial charge in [0.2, 0.25) is 11.0 Å². The van der Waals surface area contributed by atoms with Crippen LogP contribution in [0.3, 0.4) is 0 Å². The maximum atomic E-state index is 12.7. The molecule has 0 bridgehead atoms. The highest BCUT2D eigenvalue weighted by Gasteiger charge is 2.37. The van der Waals surface area contributed by atoms with Gasteiger partial charge in [-0.05, 0) is 40.5 Å². The quantitative estimate of drug-likeness (QED) is 0.726. The summed E-state index contributed by atoms with van der Waals surface area (Å²) in [7, 11) is 0. The van der Waals surface area contributed by atoms with E-state index in [0.717, 1.165) is 24.6 Å². The third-order valence-electron chi connectivity index (χ3n) is 3.63. The van der Waals surface area contributed by atoms with Crippen molar-refractivity contribution in [2.75, 3.05) is 6.54 Å². The van der Waals surface area contributed by atoms with Crippen LogP contribution in [0.25, 0.3) is 0 Å². The van der Waals surface area contributed by atoms with Gasteiger partial charge in [-0.2, -0.15) is 0 Å². The van der Waals surface area contributed by atoms with Gasteiger partial charge < -0.3 is 9.64 Å². The molecule has 136 valence electrons. The van der Waals surface area contributed by atoms with Gasteiger partial charge in [-0.1, -0.05) is 42.1 Å². The number of thioether (sulfide) groups is 1. The first kappa shape index (κ1) is 19.5. The molecule has 0 N–H and O–H groups in total. The zero-order valence-corrected chi connectivity index (χ0v) is 16.0. The number of hydrogen-bond donors (Lipinski definition) is 0. The standard InChI is InChI=1S/C19H25NO4S/c1-13(25-18(23)14-8-6-5-7-9-14)17(22)20(15-10-11-15)12-16(21)24-19(2,3)4/h5-9,13,15H,10-12H2,1-4H3. The highest BCUT2D eigenvalue weighted by atomic mass is 32.2. The van der Waals surface area contributed by atoms with Gasteiger partial charge in [0.05, 0.1) is 5.25 Å². The number of hydrogen-bond acceptors (Lipinski definition) is 5. The second kappa shape index (κ2) is 8.04. The molecule has 0 aliphatic heterocycles. The maximum absolute atomic E-state index is 12.7. The van der Waals surface area contributed by atoms with Crippen molar-refractivity contribution in [3.63, 3.8) is 0 Å². The van der Waals surface area contributed by atoms with Crippen molar-refractivity contribution in [3.8, 4) is 0 Å². The largest absolute Gasteiger partial charge is 0.459 e. The van der Waals surface area contributed by atoms with Crippen LogP contribution in [-0.4, -0.2) is 45.3 Å². The molecule has 1 fully saturated rings. The molecule has 1 aliphatic carbocycles. The number of carbonyl (C=O) groups excluding carboxylic acids is 3. The minimum atomic E-state index is -0.584. The number of rotatable bonds is 6. The summed E-state index contributed by atoms with van der Waals surface area (Å²) in [6.45, 7) is 7.03. The predicted octanol–water partition coefficient (Wildman–Crippen LogP) is 3.28. The lowest BCUT2D eigenvalue weighted by molar-refractivity contribution is -0.159. The van der Waals surface area contributed by atoms with Crippen LogP contribution in [0.1, 0.15) is 50.9 Å². The molecule has 0 spiro atoms. The number of esters is 1. The van der Waals surface area contributed by atoms with Crippen molar-refractivity contribution in [2.24, 2.45) is 0 Å². The summed E-state index contributed by atoms with van der Waals surface area (Å²) < 4.78 is 5.32. The summed E-state index contributed by atoms with van der Waals surface area (Å²) in [5.41, 5.74) is -0.0174. The molecular weight excluding hydrogens is 338 g/mol. The zero-order valence-electron chi connectivity index (χ0n) is 15.2. The van der Waals surface area contributed by atoms with Crippen LogP contribution in [0, 0.1) is 0 Å². The number of benzene rings is 1. The van der Waals surface area contributed by atoms with Crippen LogP contribution < -0.4 is 0 Å². The fraction of sp³-hybridized carbons (Fsp3) is 0.526. The van der Waals surface area contributed by atoms with E-state index in [9.17, 15) is 14.4 Å². The Morgan fingerprint density at radius 3 is 2.32 bits per heavy atom. The topological polar surface area (TPSA) is 63.7 Å². The van der Waals surface area contributed by atoms with Gasteiger partial charge in [0.25, 0.3) is 0 Å². The highest BCUT2D eigenvalue weighted by molar-refractivity contribution is 8.15. The molecule has 6 heteroatoms. The van der Waals surface area contributed by atoms with E-state index in [2.05, 4.69) is 0 Å². The van der Waals surface area contributed by atoms with Crippen LogP contribution in [0.15, 0.2) is 30.3 Å². The molecule has 1 atom stereocenters. The van der Waals surface area contributed by atoms with E-state index in [1.165, 1.54) is 0 Å². The lowest BCUT2D eigenvalue weighted by Crippen LogP contribution is -2.43. The number of amides is 1. The van der Waals surface area contributed by atoms with Gasteiger partial charge in [0.15, 0.2) is 0 Å². The fourth-order valence-corrected chi connectivity index (χ4v) is 3.20. The molecule has 5 nitrogen and oxygen atoms in total. The van der Waals surface area contributed by atoms with E-state index < -0.39 is 16.8 Å². The Morgan fingerprint density at radius 1 is 1.20 bits per heavy atom. The van der Waals surface area contributed by atoms with Crippen molar-refractivity contribution >= 4 is 28.8 Å². The Bertz CT molecular complexity index is 635. The summed E-state index contributed by atoms with van der Waals surface area (Å²) in [5, 5.41) is -0.690. The van der Waals surface area contributed by atoms with E-state index in [-0.39, 0.29) is 23.6 Å². The van der Waals surface area contributed by atoms with Gasteiger partial charge in [0.1, 0.15) is 12.1 Å². The van der Waals surface area contributed by atoms with Crippen LogP contribution in [0.2, 0.25) is 0 Å². The molecule has 0 radical (unpaired) electrons. The van der Waals surface area contributed by atoms with E-state index in [1.54, 1.807) is 56.9 Å². The fourth-order valence-electron chi connectivity index (χ4n) is 2.37. The van der Waals surface area contributed by atoms with Gasteiger partial charge in [-0.15, -0.1) is 0 Å². The molecule has 25 heavy (non-hydrogen) atoms. The Balaban J connectivity index is 1.97. The Labute approximate surface area is 153 Å². The second-order valence-electron chi connectivity index (χ2n) is 7.20. The zero-order chi connectivity index (χ0) is 18.6. The number of carbonyl (C=O) groups is 3. The lowest BCUT2D eigenvalue weighted by Gasteiger charge is -2.26. The second-order valence-corrected chi connectivity index (χ2v) is 8.51. The maximum Gasteiger partial charge on any atom is 0.326 e. The van der Waals surface area contributed by atoms with E-state index in [0.29, 0.717) is 5.56 Å². The lowest BCUT2D eigenvalue weighted by atomic mass is 10.2. The van der Waals surface area contributed by atoms with Gasteiger partial charge >= 0.3 is 5.97 Å². The molecule has 1 aliphatic rings. The summed E-state index contributed by atoms with van der Waals surface area (Å²) in [5.74, 6) is -0.609. The predicted molar refractivity (Wildman–Crippen MR) is 98.4 cm³/mol. The van der Waals surface area contributed by atoms with Crippen molar-refractivity contribution in [1.82, 2.24) is 4.90 Å². The Kier molecular flexibility index (Phi) is 6.27. The minimum Gasteiger partial charge on any atom is -0.459 e. The molecule has 1 aromatic carbocycles. The van der Waals surface area contributed by atoms with Crippen molar-refractivity contribution < 1.29 is 19.1 Å². The minimum absolute atomic E-state index is 0.0643. The van der Waals surface area contributed by atoms with Gasteiger partial charge in [0, 0.05) is 11.6 Å². The highest BCUT2D eigenvalue weighted by Crippen LogP contribution is 2.30. The third kappa shape index (κ3) is 6.20. The van der Waals surface area contributed by atoms with Crippen LogP contribution in [0.5, 0.6) is 0 Å². The monoisotopic (exact) mass is 363 g/mol. The molecule has 0 saturated heterocycles. The molecule has 1 saturated carbocycles. The van der Waals surface area contributed by atoms with Crippen LogP contribution in [0.4, 0.5) is 0 Å². The normalized spacial score (nSPS) is 15.4. The first-order valence-corrected chi connectivity index (χ1v) is 9.33. The third-order valence-corrected chi connectivity index (χ3v) is 4.64. The summed E-state index contributed by atoms with van der Waals surface area (Å²) in [4.78, 5) is 38.7. The molecule has 0 heterocycles. The average molecular weight is 363 g/mol. The van der Waals surface area contributed by atoms with E-state index >= 15 is 0 Å². The first-order valence-electron chi connectivity index (χ1n) is 8.46. The Hall–Kier alpha value is -1.82. The molecule has 0 aromatic heterocycles. The van der Waals surface area contributed by atoms with Crippen LogP contribution in [-0.2, 0) is 14.3 Å². The first-order chi connectivity index (χ1) is 11.7. The summed E-state index contributed by atoms with van der Waals surface area (Å²) >= 11 is 0.992. The van der Waals surface area contributed by atoms with Crippen molar-refractivity contribution in [2.45, 2.75) is 57.4 Å². The van der Waals surface area contributed by atoms with Gasteiger partial charge in [-0.3, -0.25) is 14.4 Å². The van der Waals surface area contributed by atoms with Gasteiger partial charge in [-0.25, -0.2) is 0 Å². The van der Waals surface area contributed by atoms with Crippen molar-refractivity contribution in [1.29, 1.82) is 0 Å². The molecule has 1 unspecified atom stereocenters. The molecule has 1 amide bonds. The van der Waals surface area contributed by atoms with E-state index in [4.69, 9.17) is 4.74 Å². The number of nitrogens with zero attached hydrogens (tertiary/aromatic N) is 1. The number of ether oxygens (including phenoxy) is 1. The Morgan fingerprint density at radius 2 is 1.80 bits per heavy atom. The molecule has 2 rings (SSSR count). The van der Waals surface area contributed by atoms with Crippen LogP contribution >= 0.6 is 11.8 Å². The summed E-state index contributed by atoms with van der Waals surface area (Å²) in [6.07, 6.45) is 1.77. The average Bonchev–Trinajstić information content (AvgIpc) is 3.35. The summed E-state index contributed by atoms with van der Waals surface area (Å²) in [6, 6.07) is 8.96.